The minimum absolute atomic E-state index is 0.328. The van der Waals surface area contributed by atoms with Crippen LogP contribution in [0.3, 0.4) is 0 Å². The molecule has 1 aromatic rings. The molecule has 21 heavy (non-hydrogen) atoms. The number of nitrogens with zero attached hydrogens (tertiary/aromatic N) is 1. The van der Waals surface area contributed by atoms with Crippen molar-refractivity contribution in [3.05, 3.63) is 12.3 Å². The van der Waals surface area contributed by atoms with E-state index in [1.807, 2.05) is 6.26 Å². The summed E-state index contributed by atoms with van der Waals surface area (Å²) in [6.07, 6.45) is 4.32. The van der Waals surface area contributed by atoms with Gasteiger partial charge < -0.3 is 18.6 Å². The van der Waals surface area contributed by atoms with Gasteiger partial charge in [0.25, 0.3) is 0 Å². The fourth-order valence-corrected chi connectivity index (χ4v) is 2.86. The molecule has 2 fully saturated rings. The number of hydrogen-bond acceptors (Lipinski definition) is 4. The van der Waals surface area contributed by atoms with Crippen LogP contribution in [0, 0.1) is 5.92 Å². The molecule has 0 spiro atoms. The van der Waals surface area contributed by atoms with Gasteiger partial charge in [0, 0.05) is 13.1 Å². The fraction of sp³-hybridized carbons (Fsp3) is 0.750. The molecule has 0 aromatic carbocycles. The van der Waals surface area contributed by atoms with Gasteiger partial charge in [0.15, 0.2) is 0 Å². The summed E-state index contributed by atoms with van der Waals surface area (Å²) in [7, 11) is -0.410. The Morgan fingerprint density at radius 3 is 2.24 bits per heavy atom. The zero-order valence-electron chi connectivity index (χ0n) is 13.8. The largest absolute Gasteiger partial charge is 0.532 e. The van der Waals surface area contributed by atoms with E-state index in [1.54, 1.807) is 0 Å². The highest BCUT2D eigenvalue weighted by atomic mass is 16.7. The van der Waals surface area contributed by atoms with E-state index in [0.29, 0.717) is 0 Å². The molecule has 5 heteroatoms. The van der Waals surface area contributed by atoms with Crippen LogP contribution >= 0.6 is 0 Å². The lowest BCUT2D eigenvalue weighted by Gasteiger charge is -2.32. The first-order valence-electron chi connectivity index (χ1n) is 7.97. The van der Waals surface area contributed by atoms with E-state index >= 15 is 0 Å². The van der Waals surface area contributed by atoms with Gasteiger partial charge >= 0.3 is 7.12 Å². The Hall–Kier alpha value is -0.935. The van der Waals surface area contributed by atoms with Gasteiger partial charge in [0.05, 0.1) is 16.9 Å². The first-order valence-corrected chi connectivity index (χ1v) is 7.97. The second-order valence-electron chi connectivity index (χ2n) is 7.47. The molecule has 116 valence electrons. The van der Waals surface area contributed by atoms with Gasteiger partial charge in [-0.15, -0.1) is 0 Å². The zero-order valence-corrected chi connectivity index (χ0v) is 13.8. The molecule has 0 bridgehead atoms. The van der Waals surface area contributed by atoms with Crippen molar-refractivity contribution in [3.8, 4) is 0 Å². The maximum absolute atomic E-state index is 6.03. The Morgan fingerprint density at radius 2 is 1.67 bits per heavy atom. The Kier molecular flexibility index (Phi) is 3.61. The molecule has 2 aliphatic heterocycles. The van der Waals surface area contributed by atoms with Crippen LogP contribution in [0.4, 0.5) is 5.69 Å². The summed E-state index contributed by atoms with van der Waals surface area (Å²) >= 11 is 0. The van der Waals surface area contributed by atoms with Crippen molar-refractivity contribution >= 4 is 18.5 Å². The van der Waals surface area contributed by atoms with Crippen LogP contribution in [0.15, 0.2) is 16.7 Å². The lowest BCUT2D eigenvalue weighted by Crippen LogP contribution is -2.41. The predicted molar refractivity (Wildman–Crippen MR) is 85.0 cm³/mol. The molecule has 0 aliphatic carbocycles. The molecule has 0 saturated carbocycles. The van der Waals surface area contributed by atoms with Crippen molar-refractivity contribution in [1.82, 2.24) is 0 Å². The standard InChI is InChI=1S/C16H26BNO3/c1-12-6-8-18(9-7-12)13-10-14(19-11-13)17-20-15(2,3)16(4,5)21-17/h10-12H,6-9H2,1-5H3. The topological polar surface area (TPSA) is 34.8 Å². The fourth-order valence-electron chi connectivity index (χ4n) is 2.86. The minimum Gasteiger partial charge on any atom is -0.471 e. The summed E-state index contributed by atoms with van der Waals surface area (Å²) in [6, 6.07) is 2.07. The molecule has 4 nitrogen and oxygen atoms in total. The molecular weight excluding hydrogens is 265 g/mol. The summed E-state index contributed by atoms with van der Waals surface area (Å²) in [5, 5.41) is 0. The van der Waals surface area contributed by atoms with E-state index in [-0.39, 0.29) is 11.2 Å². The normalized spacial score (nSPS) is 25.6. The monoisotopic (exact) mass is 291 g/mol. The highest BCUT2D eigenvalue weighted by molar-refractivity contribution is 6.60. The Morgan fingerprint density at radius 1 is 1.10 bits per heavy atom. The van der Waals surface area contributed by atoms with Gasteiger partial charge in [-0.25, -0.2) is 0 Å². The third-order valence-electron chi connectivity index (χ3n) is 5.24. The maximum Gasteiger partial charge on any atom is 0.532 e. The van der Waals surface area contributed by atoms with Crippen LogP contribution in [0.5, 0.6) is 0 Å². The summed E-state index contributed by atoms with van der Waals surface area (Å²) in [5.74, 6) is 0.829. The van der Waals surface area contributed by atoms with Gasteiger partial charge in [-0.1, -0.05) is 6.92 Å². The van der Waals surface area contributed by atoms with E-state index in [9.17, 15) is 0 Å². The smallest absolute Gasteiger partial charge is 0.471 e. The van der Waals surface area contributed by atoms with Crippen LogP contribution in [0.25, 0.3) is 0 Å². The van der Waals surface area contributed by atoms with E-state index in [2.05, 4.69) is 45.6 Å². The summed E-state index contributed by atoms with van der Waals surface area (Å²) in [5.41, 5.74) is 1.25. The average molecular weight is 291 g/mol. The molecule has 0 N–H and O–H groups in total. The first-order chi connectivity index (χ1) is 9.78. The number of anilines is 1. The second-order valence-corrected chi connectivity index (χ2v) is 7.47. The molecular formula is C16H26BNO3. The van der Waals surface area contributed by atoms with Crippen molar-refractivity contribution in [2.45, 2.75) is 58.7 Å². The zero-order chi connectivity index (χ0) is 15.3. The van der Waals surface area contributed by atoms with Crippen molar-refractivity contribution in [1.29, 1.82) is 0 Å². The summed E-state index contributed by atoms with van der Waals surface area (Å²) in [4.78, 5) is 2.39. The Labute approximate surface area is 127 Å². The molecule has 3 heterocycles. The molecule has 2 aliphatic rings. The van der Waals surface area contributed by atoms with Crippen molar-refractivity contribution in [2.24, 2.45) is 5.92 Å². The van der Waals surface area contributed by atoms with E-state index < -0.39 is 7.12 Å². The molecule has 0 radical (unpaired) electrons. The van der Waals surface area contributed by atoms with Gasteiger partial charge in [-0.3, -0.25) is 0 Å². The third-order valence-corrected chi connectivity index (χ3v) is 5.24. The SMILES string of the molecule is CC1CCN(c2coc(B3OC(C)(C)C(C)(C)O3)c2)CC1. The van der Waals surface area contributed by atoms with Gasteiger partial charge in [-0.2, -0.15) is 0 Å². The number of piperidine rings is 1. The Balaban J connectivity index is 1.71. The van der Waals surface area contributed by atoms with E-state index in [0.717, 1.165) is 30.4 Å². The minimum atomic E-state index is -0.410. The van der Waals surface area contributed by atoms with Crippen LogP contribution in [-0.4, -0.2) is 31.4 Å². The highest BCUT2D eigenvalue weighted by Crippen LogP contribution is 2.36. The van der Waals surface area contributed by atoms with Crippen LogP contribution in [0.1, 0.15) is 47.5 Å². The van der Waals surface area contributed by atoms with Crippen molar-refractivity contribution in [2.75, 3.05) is 18.0 Å². The van der Waals surface area contributed by atoms with Gasteiger partial charge in [0.1, 0.15) is 11.9 Å². The number of rotatable bonds is 2. The number of furan rings is 1. The lowest BCUT2D eigenvalue weighted by molar-refractivity contribution is 0.00578. The summed E-state index contributed by atoms with van der Waals surface area (Å²) in [6.45, 7) is 12.8. The molecule has 1 aromatic heterocycles. The maximum atomic E-state index is 6.03. The first kappa shape index (κ1) is 15.0. The predicted octanol–water partition coefficient (Wildman–Crippen LogP) is 2.82. The quantitative estimate of drug-likeness (QED) is 0.785. The Bertz CT molecular complexity index is 487. The van der Waals surface area contributed by atoms with Crippen molar-refractivity contribution < 1.29 is 13.7 Å². The summed E-state index contributed by atoms with van der Waals surface area (Å²) < 4.78 is 17.8. The third kappa shape index (κ3) is 2.73. The van der Waals surface area contributed by atoms with Crippen molar-refractivity contribution in [3.63, 3.8) is 0 Å². The van der Waals surface area contributed by atoms with Gasteiger partial charge in [-0.05, 0) is 52.5 Å². The molecule has 2 saturated heterocycles. The van der Waals surface area contributed by atoms with E-state index in [4.69, 9.17) is 13.7 Å². The number of hydrogen-bond donors (Lipinski definition) is 0. The lowest BCUT2D eigenvalue weighted by atomic mass is 9.86. The van der Waals surface area contributed by atoms with Crippen LogP contribution in [-0.2, 0) is 9.31 Å². The van der Waals surface area contributed by atoms with E-state index in [1.165, 1.54) is 12.8 Å². The van der Waals surface area contributed by atoms with Crippen LogP contribution in [0.2, 0.25) is 0 Å². The second kappa shape index (κ2) is 5.06. The van der Waals surface area contributed by atoms with Gasteiger partial charge in [0.2, 0.25) is 0 Å². The molecule has 0 amide bonds. The molecule has 0 atom stereocenters. The van der Waals surface area contributed by atoms with Crippen LogP contribution < -0.4 is 10.6 Å². The average Bonchev–Trinajstić information content (AvgIpc) is 2.94. The highest BCUT2D eigenvalue weighted by Gasteiger charge is 2.53. The molecule has 0 unspecified atom stereocenters. The molecule has 3 rings (SSSR count).